The first-order chi connectivity index (χ1) is 16.0. The zero-order valence-electron chi connectivity index (χ0n) is 18.2. The minimum atomic E-state index is -0.413. The highest BCUT2D eigenvalue weighted by atomic mass is 32.1. The van der Waals surface area contributed by atoms with E-state index in [4.69, 9.17) is 0 Å². The van der Waals surface area contributed by atoms with Crippen LogP contribution >= 0.6 is 11.3 Å². The van der Waals surface area contributed by atoms with Gasteiger partial charge in [-0.15, -0.1) is 0 Å². The summed E-state index contributed by atoms with van der Waals surface area (Å²) in [5.74, 6) is 0.0410. The van der Waals surface area contributed by atoms with Gasteiger partial charge in [-0.1, -0.05) is 53.8 Å². The molecule has 0 aliphatic carbocycles. The molecule has 0 saturated carbocycles. The molecule has 5 rings (SSSR count). The fraction of sp³-hybridized carbons (Fsp3) is 0.250. The van der Waals surface area contributed by atoms with Crippen molar-refractivity contribution in [1.82, 2.24) is 19.2 Å². The normalized spacial score (nSPS) is 14.6. The van der Waals surface area contributed by atoms with Gasteiger partial charge in [-0.05, 0) is 12.5 Å². The average Bonchev–Trinajstić information content (AvgIpc) is 3.39. The van der Waals surface area contributed by atoms with Gasteiger partial charge in [0.1, 0.15) is 4.88 Å². The van der Waals surface area contributed by atoms with Crippen molar-refractivity contribution in [3.8, 4) is 11.3 Å². The second kappa shape index (κ2) is 8.76. The van der Waals surface area contributed by atoms with Crippen molar-refractivity contribution in [3.05, 3.63) is 87.0 Å². The standard InChI is InChI=1S/C24H23N5O3S/c1-17-22(23(30)27-12-10-26(11-13-27)15-18-6-3-2-4-7-18)33-24-25-21(16-28(17)24)19-8-5-9-20(14-19)29(31)32/h2-9,14,16H,10-13,15H2,1H3. The van der Waals surface area contributed by atoms with E-state index in [0.717, 1.165) is 25.3 Å². The summed E-state index contributed by atoms with van der Waals surface area (Å²) in [7, 11) is 0. The molecule has 1 aliphatic rings. The summed E-state index contributed by atoms with van der Waals surface area (Å²) in [5.41, 5.74) is 3.49. The van der Waals surface area contributed by atoms with E-state index in [1.54, 1.807) is 12.1 Å². The highest BCUT2D eigenvalue weighted by Gasteiger charge is 2.26. The SMILES string of the molecule is Cc1c(C(=O)N2CCN(Cc3ccccc3)CC2)sc2nc(-c3cccc([N+](=O)[O-])c3)cn12. The number of carbonyl (C=O) groups excluding carboxylic acids is 1. The Hall–Kier alpha value is -3.56. The molecule has 4 aromatic rings. The molecule has 3 heterocycles. The summed E-state index contributed by atoms with van der Waals surface area (Å²) >= 11 is 1.37. The summed E-state index contributed by atoms with van der Waals surface area (Å²) in [4.78, 5) is 34.2. The summed E-state index contributed by atoms with van der Waals surface area (Å²) < 4.78 is 1.90. The number of nitrogens with zero attached hydrogens (tertiary/aromatic N) is 5. The number of aryl methyl sites for hydroxylation is 1. The molecule has 0 atom stereocenters. The Bertz CT molecular complexity index is 1320. The number of carbonyl (C=O) groups is 1. The molecule has 2 aromatic carbocycles. The number of rotatable bonds is 5. The van der Waals surface area contributed by atoms with Crippen LogP contribution in [0.3, 0.4) is 0 Å². The molecule has 1 saturated heterocycles. The number of imidazole rings is 1. The fourth-order valence-electron chi connectivity index (χ4n) is 4.16. The fourth-order valence-corrected chi connectivity index (χ4v) is 5.24. The Morgan fingerprint density at radius 2 is 1.85 bits per heavy atom. The van der Waals surface area contributed by atoms with E-state index in [2.05, 4.69) is 34.1 Å². The molecular weight excluding hydrogens is 438 g/mol. The summed E-state index contributed by atoms with van der Waals surface area (Å²) in [6.07, 6.45) is 1.84. The summed E-state index contributed by atoms with van der Waals surface area (Å²) in [5, 5.41) is 11.1. The van der Waals surface area contributed by atoms with Gasteiger partial charge in [-0.2, -0.15) is 0 Å². The topological polar surface area (TPSA) is 84.0 Å². The minimum absolute atomic E-state index is 0.0304. The van der Waals surface area contributed by atoms with Crippen LogP contribution in [-0.2, 0) is 6.54 Å². The third-order valence-electron chi connectivity index (χ3n) is 6.01. The molecule has 168 valence electrons. The number of hydrogen-bond donors (Lipinski definition) is 0. The predicted molar refractivity (Wildman–Crippen MR) is 128 cm³/mol. The summed E-state index contributed by atoms with van der Waals surface area (Å²) in [6.45, 7) is 5.91. The highest BCUT2D eigenvalue weighted by Crippen LogP contribution is 2.29. The number of amides is 1. The van der Waals surface area contributed by atoms with Gasteiger partial charge in [-0.3, -0.25) is 24.2 Å². The molecule has 1 aliphatic heterocycles. The van der Waals surface area contributed by atoms with Gasteiger partial charge >= 0.3 is 0 Å². The molecule has 0 N–H and O–H groups in total. The molecule has 1 fully saturated rings. The Kier molecular flexibility index (Phi) is 5.65. The smallest absolute Gasteiger partial charge is 0.270 e. The van der Waals surface area contributed by atoms with E-state index in [1.165, 1.54) is 29.0 Å². The van der Waals surface area contributed by atoms with Crippen molar-refractivity contribution >= 4 is 27.9 Å². The van der Waals surface area contributed by atoms with Gasteiger partial charge in [0.05, 0.1) is 10.6 Å². The number of aromatic nitrogens is 2. The number of nitro groups is 1. The number of benzene rings is 2. The zero-order valence-corrected chi connectivity index (χ0v) is 19.0. The summed E-state index contributed by atoms with van der Waals surface area (Å²) in [6, 6.07) is 16.8. The van der Waals surface area contributed by atoms with E-state index in [0.29, 0.717) is 34.2 Å². The first-order valence-electron chi connectivity index (χ1n) is 10.8. The average molecular weight is 462 g/mol. The molecular formula is C24H23N5O3S. The molecule has 9 heteroatoms. The maximum atomic E-state index is 13.2. The molecule has 8 nitrogen and oxygen atoms in total. The molecule has 0 radical (unpaired) electrons. The largest absolute Gasteiger partial charge is 0.335 e. The number of fused-ring (bicyclic) bond motifs is 1. The Balaban J connectivity index is 1.30. The Labute approximate surface area is 194 Å². The van der Waals surface area contributed by atoms with Crippen molar-refractivity contribution in [3.63, 3.8) is 0 Å². The maximum absolute atomic E-state index is 13.2. The van der Waals surface area contributed by atoms with Crippen molar-refractivity contribution in [1.29, 1.82) is 0 Å². The Morgan fingerprint density at radius 3 is 2.55 bits per heavy atom. The van der Waals surface area contributed by atoms with Gasteiger partial charge in [0.2, 0.25) is 0 Å². The first-order valence-corrected chi connectivity index (χ1v) is 11.6. The van der Waals surface area contributed by atoms with E-state index < -0.39 is 4.92 Å². The van der Waals surface area contributed by atoms with Gasteiger partial charge in [0, 0.05) is 62.3 Å². The molecule has 0 unspecified atom stereocenters. The van der Waals surface area contributed by atoms with Crippen molar-refractivity contribution < 1.29 is 9.72 Å². The minimum Gasteiger partial charge on any atom is -0.335 e. The molecule has 0 spiro atoms. The van der Waals surface area contributed by atoms with Crippen molar-refractivity contribution in [2.45, 2.75) is 13.5 Å². The lowest BCUT2D eigenvalue weighted by Gasteiger charge is -2.34. The van der Waals surface area contributed by atoms with Crippen LogP contribution in [0.4, 0.5) is 5.69 Å². The van der Waals surface area contributed by atoms with Crippen LogP contribution in [0.2, 0.25) is 0 Å². The third kappa shape index (κ3) is 4.24. The lowest BCUT2D eigenvalue weighted by atomic mass is 10.1. The zero-order chi connectivity index (χ0) is 22.9. The van der Waals surface area contributed by atoms with Crippen molar-refractivity contribution in [2.24, 2.45) is 0 Å². The van der Waals surface area contributed by atoms with E-state index in [-0.39, 0.29) is 11.6 Å². The maximum Gasteiger partial charge on any atom is 0.270 e. The number of non-ortho nitro benzene ring substituents is 1. The molecule has 0 bridgehead atoms. The molecule has 2 aromatic heterocycles. The molecule has 33 heavy (non-hydrogen) atoms. The van der Waals surface area contributed by atoms with Crippen LogP contribution in [0.15, 0.2) is 60.8 Å². The van der Waals surface area contributed by atoms with E-state index >= 15 is 0 Å². The second-order valence-corrected chi connectivity index (χ2v) is 9.13. The highest BCUT2D eigenvalue weighted by molar-refractivity contribution is 7.19. The predicted octanol–water partition coefficient (Wildman–Crippen LogP) is 4.24. The van der Waals surface area contributed by atoms with Gasteiger partial charge in [0.25, 0.3) is 11.6 Å². The van der Waals surface area contributed by atoms with Gasteiger partial charge in [0.15, 0.2) is 4.96 Å². The lowest BCUT2D eigenvalue weighted by Crippen LogP contribution is -2.48. The van der Waals surface area contributed by atoms with E-state index in [1.807, 2.05) is 28.5 Å². The van der Waals surface area contributed by atoms with Gasteiger partial charge < -0.3 is 4.90 Å². The third-order valence-corrected chi connectivity index (χ3v) is 7.16. The second-order valence-electron chi connectivity index (χ2n) is 8.16. The van der Waals surface area contributed by atoms with Gasteiger partial charge in [-0.25, -0.2) is 4.98 Å². The number of piperazine rings is 1. The monoisotopic (exact) mass is 461 g/mol. The van der Waals surface area contributed by atoms with Crippen LogP contribution in [0.1, 0.15) is 20.9 Å². The van der Waals surface area contributed by atoms with Crippen LogP contribution < -0.4 is 0 Å². The van der Waals surface area contributed by atoms with Crippen LogP contribution in [0.25, 0.3) is 16.2 Å². The molecule has 1 amide bonds. The number of thiazole rings is 1. The van der Waals surface area contributed by atoms with Crippen LogP contribution in [-0.4, -0.2) is 56.2 Å². The van der Waals surface area contributed by atoms with Crippen LogP contribution in [0.5, 0.6) is 0 Å². The number of nitro benzene ring substituents is 1. The van der Waals surface area contributed by atoms with Crippen molar-refractivity contribution in [2.75, 3.05) is 26.2 Å². The first kappa shape index (κ1) is 21.3. The lowest BCUT2D eigenvalue weighted by molar-refractivity contribution is -0.384. The van der Waals surface area contributed by atoms with E-state index in [9.17, 15) is 14.9 Å². The quantitative estimate of drug-likeness (QED) is 0.328. The van der Waals surface area contributed by atoms with Crippen LogP contribution in [0, 0.1) is 17.0 Å². The number of hydrogen-bond acceptors (Lipinski definition) is 6. The Morgan fingerprint density at radius 1 is 1.09 bits per heavy atom.